The lowest BCUT2D eigenvalue weighted by Crippen LogP contribution is -2.41. The Kier molecular flexibility index (Phi) is 5.90. The predicted molar refractivity (Wildman–Crippen MR) is 71.1 cm³/mol. The van der Waals surface area contributed by atoms with Crippen molar-refractivity contribution in [1.82, 2.24) is 4.72 Å². The molecule has 1 rings (SSSR count). The number of hydrogen-bond acceptors (Lipinski definition) is 4. The third-order valence-corrected chi connectivity index (χ3v) is 4.56. The second-order valence-electron chi connectivity index (χ2n) is 3.84. The summed E-state index contributed by atoms with van der Waals surface area (Å²) >= 11 is 1.33. The fraction of sp³-hybridized carbons (Fsp3) is 0.364. The van der Waals surface area contributed by atoms with E-state index >= 15 is 0 Å². The highest BCUT2D eigenvalue weighted by Gasteiger charge is 2.29. The Morgan fingerprint density at radius 1 is 1.40 bits per heavy atom. The average Bonchev–Trinajstić information content (AvgIpc) is 2.33. The van der Waals surface area contributed by atoms with Gasteiger partial charge in [0.25, 0.3) is 0 Å². The Morgan fingerprint density at radius 2 is 1.95 bits per heavy atom. The highest BCUT2D eigenvalue weighted by molar-refractivity contribution is 7.98. The van der Waals surface area contributed by atoms with Crippen LogP contribution in [0, 0.1) is 11.6 Å². The molecule has 1 atom stereocenters. The number of hydrogen-bond donors (Lipinski definition) is 2. The van der Waals surface area contributed by atoms with Crippen LogP contribution in [0.15, 0.2) is 23.1 Å². The molecule has 112 valence electrons. The molecule has 1 aromatic carbocycles. The first-order valence-corrected chi connectivity index (χ1v) is 8.35. The van der Waals surface area contributed by atoms with Crippen LogP contribution in [0.1, 0.15) is 6.42 Å². The molecule has 0 aliphatic heterocycles. The molecule has 1 aromatic rings. The van der Waals surface area contributed by atoms with Gasteiger partial charge in [0.05, 0.1) is 0 Å². The van der Waals surface area contributed by atoms with Crippen LogP contribution in [0.25, 0.3) is 0 Å². The summed E-state index contributed by atoms with van der Waals surface area (Å²) in [6.45, 7) is 0. The second kappa shape index (κ2) is 7.00. The van der Waals surface area contributed by atoms with Crippen molar-refractivity contribution in [2.45, 2.75) is 17.4 Å². The monoisotopic (exact) mass is 325 g/mol. The second-order valence-corrected chi connectivity index (χ2v) is 6.48. The van der Waals surface area contributed by atoms with E-state index in [0.29, 0.717) is 5.75 Å². The van der Waals surface area contributed by atoms with Crippen molar-refractivity contribution in [2.24, 2.45) is 0 Å². The van der Waals surface area contributed by atoms with Gasteiger partial charge in [-0.1, -0.05) is 6.07 Å². The fourth-order valence-electron chi connectivity index (χ4n) is 1.45. The molecule has 9 heteroatoms. The molecule has 0 unspecified atom stereocenters. The lowest BCUT2D eigenvalue weighted by Gasteiger charge is -2.15. The summed E-state index contributed by atoms with van der Waals surface area (Å²) in [5.74, 6) is -3.56. The molecule has 2 N–H and O–H groups in total. The quantitative estimate of drug-likeness (QED) is 0.793. The van der Waals surface area contributed by atoms with Gasteiger partial charge in [0, 0.05) is 0 Å². The van der Waals surface area contributed by atoms with Crippen LogP contribution in [0.5, 0.6) is 0 Å². The zero-order valence-corrected chi connectivity index (χ0v) is 12.1. The molecule has 0 amide bonds. The van der Waals surface area contributed by atoms with E-state index in [9.17, 15) is 22.0 Å². The maximum absolute atomic E-state index is 13.4. The zero-order valence-electron chi connectivity index (χ0n) is 10.5. The highest BCUT2D eigenvalue weighted by atomic mass is 32.2. The molecule has 0 radical (unpaired) electrons. The lowest BCUT2D eigenvalue weighted by molar-refractivity contribution is -0.139. The minimum atomic E-state index is -4.59. The van der Waals surface area contributed by atoms with E-state index in [1.807, 2.05) is 0 Å². The number of carbonyl (C=O) groups is 1. The number of rotatable bonds is 7. The number of benzene rings is 1. The van der Waals surface area contributed by atoms with Gasteiger partial charge in [-0.2, -0.15) is 16.5 Å². The Bertz CT molecular complexity index is 572. The van der Waals surface area contributed by atoms with Gasteiger partial charge in [0.15, 0.2) is 4.90 Å². The van der Waals surface area contributed by atoms with Crippen molar-refractivity contribution < 1.29 is 27.1 Å². The van der Waals surface area contributed by atoms with E-state index < -0.39 is 38.6 Å². The predicted octanol–water partition coefficient (Wildman–Crippen LogP) is 1.45. The smallest absolute Gasteiger partial charge is 0.321 e. The van der Waals surface area contributed by atoms with Crippen molar-refractivity contribution in [3.63, 3.8) is 0 Å². The summed E-state index contributed by atoms with van der Waals surface area (Å²) in [5, 5.41) is 8.93. The van der Waals surface area contributed by atoms with Gasteiger partial charge in [0.1, 0.15) is 17.7 Å². The maximum Gasteiger partial charge on any atom is 0.321 e. The molecule has 20 heavy (non-hydrogen) atoms. The van der Waals surface area contributed by atoms with E-state index in [1.165, 1.54) is 11.8 Å². The van der Waals surface area contributed by atoms with E-state index in [2.05, 4.69) is 0 Å². The van der Waals surface area contributed by atoms with Crippen LogP contribution in [0.3, 0.4) is 0 Å². The van der Waals surface area contributed by atoms with E-state index in [0.717, 1.165) is 18.2 Å². The van der Waals surface area contributed by atoms with Crippen LogP contribution in [-0.4, -0.2) is 37.5 Å². The number of aliphatic carboxylic acids is 1. The van der Waals surface area contributed by atoms with Gasteiger partial charge < -0.3 is 5.11 Å². The first kappa shape index (κ1) is 16.9. The summed E-state index contributed by atoms with van der Waals surface area (Å²) in [6.07, 6.45) is 1.73. The molecular weight excluding hydrogens is 312 g/mol. The standard InChI is InChI=1S/C11H13F2NO4S2/c1-19-6-5-9(11(15)16)14-20(17,18)10-7(12)3-2-4-8(10)13/h2-4,9,14H,5-6H2,1H3,(H,15,16)/t9-/m0/s1. The van der Waals surface area contributed by atoms with Gasteiger partial charge in [0.2, 0.25) is 10.0 Å². The molecule has 0 aliphatic carbocycles. The molecule has 0 bridgehead atoms. The molecule has 5 nitrogen and oxygen atoms in total. The zero-order chi connectivity index (χ0) is 15.3. The molecule has 0 aromatic heterocycles. The lowest BCUT2D eigenvalue weighted by atomic mass is 10.2. The summed E-state index contributed by atoms with van der Waals surface area (Å²) in [5.41, 5.74) is 0. The van der Waals surface area contributed by atoms with Crippen molar-refractivity contribution in [3.05, 3.63) is 29.8 Å². The van der Waals surface area contributed by atoms with Gasteiger partial charge >= 0.3 is 5.97 Å². The van der Waals surface area contributed by atoms with Crippen LogP contribution < -0.4 is 4.72 Å². The largest absolute Gasteiger partial charge is 0.480 e. The molecule has 0 heterocycles. The Morgan fingerprint density at radius 3 is 2.40 bits per heavy atom. The summed E-state index contributed by atoms with van der Waals surface area (Å²) < 4.78 is 52.5. The van der Waals surface area contributed by atoms with Crippen LogP contribution in [0.2, 0.25) is 0 Å². The van der Waals surface area contributed by atoms with Crippen molar-refractivity contribution in [2.75, 3.05) is 12.0 Å². The Balaban J connectivity index is 3.07. The first-order chi connectivity index (χ1) is 9.29. The number of thioether (sulfide) groups is 1. The number of nitrogens with one attached hydrogen (secondary N) is 1. The SMILES string of the molecule is CSCC[C@H](NS(=O)(=O)c1c(F)cccc1F)C(=O)O. The van der Waals surface area contributed by atoms with Crippen molar-refractivity contribution in [3.8, 4) is 0 Å². The van der Waals surface area contributed by atoms with Gasteiger partial charge in [-0.05, 0) is 30.6 Å². The van der Waals surface area contributed by atoms with Crippen molar-refractivity contribution in [1.29, 1.82) is 0 Å². The molecule has 0 saturated heterocycles. The van der Waals surface area contributed by atoms with Gasteiger partial charge in [-0.15, -0.1) is 0 Å². The Hall–Kier alpha value is -1.19. The van der Waals surface area contributed by atoms with Crippen LogP contribution in [-0.2, 0) is 14.8 Å². The third-order valence-electron chi connectivity index (χ3n) is 2.39. The average molecular weight is 325 g/mol. The number of carboxylic acid groups (broad SMARTS) is 1. The molecule has 0 aliphatic rings. The molecular formula is C11H13F2NO4S2. The van der Waals surface area contributed by atoms with E-state index in [4.69, 9.17) is 5.11 Å². The summed E-state index contributed by atoms with van der Waals surface area (Å²) in [4.78, 5) is 9.79. The van der Waals surface area contributed by atoms with E-state index in [-0.39, 0.29) is 6.42 Å². The topological polar surface area (TPSA) is 83.5 Å². The molecule has 0 spiro atoms. The maximum atomic E-state index is 13.4. The Labute approximate surface area is 119 Å². The number of sulfonamides is 1. The third kappa shape index (κ3) is 4.15. The highest BCUT2D eigenvalue weighted by Crippen LogP contribution is 2.19. The van der Waals surface area contributed by atoms with Crippen LogP contribution in [0.4, 0.5) is 8.78 Å². The van der Waals surface area contributed by atoms with Crippen molar-refractivity contribution >= 4 is 27.8 Å². The first-order valence-electron chi connectivity index (χ1n) is 5.47. The molecule has 0 saturated carbocycles. The van der Waals surface area contributed by atoms with Gasteiger partial charge in [-0.25, -0.2) is 17.2 Å². The van der Waals surface area contributed by atoms with Crippen LogP contribution >= 0.6 is 11.8 Å². The normalized spacial score (nSPS) is 13.2. The number of carboxylic acids is 1. The fourth-order valence-corrected chi connectivity index (χ4v) is 3.29. The molecule has 0 fully saturated rings. The summed E-state index contributed by atoms with van der Waals surface area (Å²) in [7, 11) is -4.59. The minimum Gasteiger partial charge on any atom is -0.480 e. The van der Waals surface area contributed by atoms with Gasteiger partial charge in [-0.3, -0.25) is 4.79 Å². The number of halogens is 2. The summed E-state index contributed by atoms with van der Waals surface area (Å²) in [6, 6.07) is 1.16. The van der Waals surface area contributed by atoms with E-state index in [1.54, 1.807) is 11.0 Å². The minimum absolute atomic E-state index is 0.00576.